The fourth-order valence-electron chi connectivity index (χ4n) is 2.82. The molecule has 1 unspecified atom stereocenters. The highest BCUT2D eigenvalue weighted by Gasteiger charge is 2.39. The Kier molecular flexibility index (Phi) is 3.90. The van der Waals surface area contributed by atoms with E-state index >= 15 is 0 Å². The van der Waals surface area contributed by atoms with Crippen molar-refractivity contribution in [3.63, 3.8) is 0 Å². The Labute approximate surface area is 123 Å². The summed E-state index contributed by atoms with van der Waals surface area (Å²) in [5.74, 6) is 0.188. The predicted octanol–water partition coefficient (Wildman–Crippen LogP) is 4.10. The van der Waals surface area contributed by atoms with E-state index in [0.717, 1.165) is 35.0 Å². The number of nitrogens with two attached hydrogens (primary N) is 1. The van der Waals surface area contributed by atoms with Crippen LogP contribution in [0.5, 0.6) is 0 Å². The molecule has 0 saturated heterocycles. The minimum absolute atomic E-state index is 0.0851. The van der Waals surface area contributed by atoms with Gasteiger partial charge in [-0.05, 0) is 58.8 Å². The maximum absolute atomic E-state index is 12.4. The van der Waals surface area contributed by atoms with Gasteiger partial charge in [-0.15, -0.1) is 0 Å². The summed E-state index contributed by atoms with van der Waals surface area (Å²) in [6.07, 6.45) is 3.21. The van der Waals surface area contributed by atoms with Crippen LogP contribution in [0, 0.1) is 18.3 Å². The van der Waals surface area contributed by atoms with Crippen molar-refractivity contribution in [2.75, 3.05) is 11.1 Å². The lowest BCUT2D eigenvalue weighted by atomic mass is 9.81. The predicted molar refractivity (Wildman–Crippen MR) is 83.0 cm³/mol. The molecule has 0 bridgehead atoms. The largest absolute Gasteiger partial charge is 0.398 e. The first-order valence-electron chi connectivity index (χ1n) is 6.68. The number of benzene rings is 1. The number of nitrogen functional groups attached to an aromatic ring is 1. The monoisotopic (exact) mass is 324 g/mol. The zero-order chi connectivity index (χ0) is 14.2. The molecule has 1 amide bonds. The van der Waals surface area contributed by atoms with Gasteiger partial charge in [-0.2, -0.15) is 0 Å². The van der Waals surface area contributed by atoms with Crippen LogP contribution in [0.1, 0.15) is 38.7 Å². The van der Waals surface area contributed by atoms with Gasteiger partial charge in [0.05, 0.1) is 5.69 Å². The Morgan fingerprint density at radius 3 is 2.74 bits per heavy atom. The van der Waals surface area contributed by atoms with Gasteiger partial charge in [0.25, 0.3) is 0 Å². The van der Waals surface area contributed by atoms with Gasteiger partial charge in [-0.25, -0.2) is 0 Å². The first-order valence-corrected chi connectivity index (χ1v) is 7.47. The zero-order valence-corrected chi connectivity index (χ0v) is 13.3. The van der Waals surface area contributed by atoms with Gasteiger partial charge < -0.3 is 11.1 Å². The van der Waals surface area contributed by atoms with Crippen LogP contribution in [0.2, 0.25) is 0 Å². The molecule has 4 heteroatoms. The Hall–Kier alpha value is -1.03. The van der Waals surface area contributed by atoms with Gasteiger partial charge >= 0.3 is 0 Å². The summed E-state index contributed by atoms with van der Waals surface area (Å²) in [5.41, 5.74) is 8.45. The molecular formula is C15H21BrN2O. The van der Waals surface area contributed by atoms with Gasteiger partial charge in [0.1, 0.15) is 0 Å². The Morgan fingerprint density at radius 1 is 1.47 bits per heavy atom. The molecule has 1 fully saturated rings. The maximum atomic E-state index is 12.4. The number of nitrogens with one attached hydrogen (secondary N) is 1. The molecule has 2 rings (SSSR count). The Bertz CT molecular complexity index is 511. The number of rotatable bonds is 2. The summed E-state index contributed by atoms with van der Waals surface area (Å²) in [7, 11) is 0. The van der Waals surface area contributed by atoms with Crippen molar-refractivity contribution in [1.29, 1.82) is 0 Å². The van der Waals surface area contributed by atoms with E-state index in [4.69, 9.17) is 5.73 Å². The third kappa shape index (κ3) is 2.94. The second kappa shape index (κ2) is 5.16. The summed E-state index contributed by atoms with van der Waals surface area (Å²) < 4.78 is 0.878. The minimum atomic E-state index is 0.0851. The van der Waals surface area contributed by atoms with Gasteiger partial charge in [-0.3, -0.25) is 4.79 Å². The highest BCUT2D eigenvalue weighted by atomic mass is 79.9. The number of anilines is 2. The zero-order valence-electron chi connectivity index (χ0n) is 11.7. The van der Waals surface area contributed by atoms with Crippen LogP contribution < -0.4 is 11.1 Å². The van der Waals surface area contributed by atoms with Gasteiger partial charge in [0.15, 0.2) is 0 Å². The first-order chi connectivity index (χ1) is 8.81. The molecule has 3 nitrogen and oxygen atoms in total. The first kappa shape index (κ1) is 14.4. The summed E-state index contributed by atoms with van der Waals surface area (Å²) >= 11 is 3.48. The SMILES string of the molecule is Cc1cc(Br)c(NC(=O)C2CCCC2(C)C)cc1N. The van der Waals surface area contributed by atoms with Crippen LogP contribution in [0.4, 0.5) is 11.4 Å². The highest BCUT2D eigenvalue weighted by molar-refractivity contribution is 9.10. The molecule has 1 saturated carbocycles. The third-order valence-electron chi connectivity index (χ3n) is 4.19. The normalized spacial score (nSPS) is 21.4. The van der Waals surface area contributed by atoms with E-state index in [0.29, 0.717) is 5.69 Å². The van der Waals surface area contributed by atoms with Crippen molar-refractivity contribution in [3.8, 4) is 0 Å². The van der Waals surface area contributed by atoms with E-state index in [2.05, 4.69) is 35.1 Å². The van der Waals surface area contributed by atoms with E-state index in [1.54, 1.807) is 0 Å². The van der Waals surface area contributed by atoms with Crippen molar-refractivity contribution in [3.05, 3.63) is 22.2 Å². The van der Waals surface area contributed by atoms with Crippen molar-refractivity contribution >= 4 is 33.2 Å². The number of hydrogen-bond donors (Lipinski definition) is 2. The lowest BCUT2D eigenvalue weighted by Gasteiger charge is -2.26. The van der Waals surface area contributed by atoms with E-state index < -0.39 is 0 Å². The quantitative estimate of drug-likeness (QED) is 0.804. The number of carbonyl (C=O) groups is 1. The average molecular weight is 325 g/mol. The molecule has 3 N–H and O–H groups in total. The van der Waals surface area contributed by atoms with Gasteiger partial charge in [0.2, 0.25) is 5.91 Å². The summed E-state index contributed by atoms with van der Waals surface area (Å²) in [4.78, 5) is 12.4. The molecule has 0 aliphatic heterocycles. The molecule has 104 valence electrons. The van der Waals surface area contributed by atoms with Crippen molar-refractivity contribution in [1.82, 2.24) is 0 Å². The minimum Gasteiger partial charge on any atom is -0.398 e. The van der Waals surface area contributed by atoms with E-state index in [-0.39, 0.29) is 17.2 Å². The second-order valence-corrected chi connectivity index (χ2v) is 6.97. The highest BCUT2D eigenvalue weighted by Crippen LogP contribution is 2.43. The molecule has 19 heavy (non-hydrogen) atoms. The van der Waals surface area contributed by atoms with E-state index in [1.807, 2.05) is 19.1 Å². The number of carbonyl (C=O) groups excluding carboxylic acids is 1. The number of aryl methyl sites for hydroxylation is 1. The Morgan fingerprint density at radius 2 is 2.16 bits per heavy atom. The molecule has 1 aromatic carbocycles. The van der Waals surface area contributed by atoms with E-state index in [9.17, 15) is 4.79 Å². The second-order valence-electron chi connectivity index (χ2n) is 6.11. The van der Waals surface area contributed by atoms with Crippen molar-refractivity contribution < 1.29 is 4.79 Å². The van der Waals surface area contributed by atoms with Crippen molar-refractivity contribution in [2.45, 2.75) is 40.0 Å². The topological polar surface area (TPSA) is 55.1 Å². The van der Waals surface area contributed by atoms with E-state index in [1.165, 1.54) is 0 Å². The fraction of sp³-hybridized carbons (Fsp3) is 0.533. The summed E-state index contributed by atoms with van der Waals surface area (Å²) in [6, 6.07) is 3.75. The number of halogens is 1. The van der Waals surface area contributed by atoms with Gasteiger partial charge in [0, 0.05) is 16.1 Å². The molecule has 0 heterocycles. The van der Waals surface area contributed by atoms with Crippen LogP contribution in [0.3, 0.4) is 0 Å². The Balaban J connectivity index is 2.18. The van der Waals surface area contributed by atoms with Crippen molar-refractivity contribution in [2.24, 2.45) is 11.3 Å². The third-order valence-corrected chi connectivity index (χ3v) is 4.84. The smallest absolute Gasteiger partial charge is 0.228 e. The van der Waals surface area contributed by atoms with Crippen LogP contribution in [0.15, 0.2) is 16.6 Å². The molecule has 0 radical (unpaired) electrons. The van der Waals surface area contributed by atoms with Crippen LogP contribution >= 0.6 is 15.9 Å². The maximum Gasteiger partial charge on any atom is 0.228 e. The van der Waals surface area contributed by atoms with Gasteiger partial charge in [-0.1, -0.05) is 20.3 Å². The standard InChI is InChI=1S/C15H21BrN2O/c1-9-7-11(16)13(8-12(9)17)18-14(19)10-5-4-6-15(10,2)3/h7-8,10H,4-6,17H2,1-3H3,(H,18,19). The fourth-order valence-corrected chi connectivity index (χ4v) is 3.37. The molecular weight excluding hydrogens is 304 g/mol. The molecule has 0 spiro atoms. The molecule has 1 aliphatic carbocycles. The molecule has 1 aliphatic rings. The number of amides is 1. The number of hydrogen-bond acceptors (Lipinski definition) is 2. The molecule has 1 aromatic rings. The van der Waals surface area contributed by atoms with Crippen LogP contribution in [-0.2, 0) is 4.79 Å². The summed E-state index contributed by atoms with van der Waals surface area (Å²) in [6.45, 7) is 6.29. The van der Waals surface area contributed by atoms with Crippen LogP contribution in [0.25, 0.3) is 0 Å². The molecule has 0 aromatic heterocycles. The van der Waals surface area contributed by atoms with Crippen LogP contribution in [-0.4, -0.2) is 5.91 Å². The molecule has 1 atom stereocenters. The summed E-state index contributed by atoms with van der Waals surface area (Å²) in [5, 5.41) is 3.01. The average Bonchev–Trinajstić information content (AvgIpc) is 2.65. The lowest BCUT2D eigenvalue weighted by molar-refractivity contribution is -0.122. The lowest BCUT2D eigenvalue weighted by Crippen LogP contribution is -2.30.